The van der Waals surface area contributed by atoms with Crippen molar-refractivity contribution >= 4 is 11.6 Å². The molecule has 1 aromatic rings. The average Bonchev–Trinajstić information content (AvgIpc) is 2.37. The fraction of sp³-hybridized carbons (Fsp3) is 0.562. The summed E-state index contributed by atoms with van der Waals surface area (Å²) >= 11 is 0. The van der Waals surface area contributed by atoms with Crippen LogP contribution in [0.3, 0.4) is 0 Å². The largest absolute Gasteiger partial charge is 0.325 e. The van der Waals surface area contributed by atoms with Crippen molar-refractivity contribution in [1.82, 2.24) is 0 Å². The number of amides is 1. The summed E-state index contributed by atoms with van der Waals surface area (Å²) in [6, 6.07) is 6.72. The third-order valence-corrected chi connectivity index (χ3v) is 4.22. The Morgan fingerprint density at radius 2 is 2.00 bits per heavy atom. The first-order valence-corrected chi connectivity index (χ1v) is 7.28. The van der Waals surface area contributed by atoms with Crippen LogP contribution in [0.15, 0.2) is 18.2 Å². The van der Waals surface area contributed by atoms with Crippen molar-refractivity contribution in [3.63, 3.8) is 0 Å². The molecule has 0 aliphatic carbocycles. The van der Waals surface area contributed by atoms with Gasteiger partial charge >= 0.3 is 0 Å². The number of aryl methyl sites for hydroxylation is 2. The number of benzene rings is 1. The van der Waals surface area contributed by atoms with Gasteiger partial charge in [0.15, 0.2) is 6.54 Å². The van der Waals surface area contributed by atoms with Gasteiger partial charge in [-0.15, -0.1) is 0 Å². The SMILES string of the molecule is Cc1cccc(C)c1NC(=O)C[NH+]1CCCC[C@@H]1C. The van der Waals surface area contributed by atoms with Crippen LogP contribution in [-0.4, -0.2) is 25.0 Å². The zero-order chi connectivity index (χ0) is 13.8. The number of hydrogen-bond donors (Lipinski definition) is 2. The molecule has 0 aromatic heterocycles. The molecule has 1 aliphatic rings. The monoisotopic (exact) mass is 261 g/mol. The first kappa shape index (κ1) is 14.1. The smallest absolute Gasteiger partial charge is 0.279 e. The Morgan fingerprint density at radius 1 is 1.32 bits per heavy atom. The summed E-state index contributed by atoms with van der Waals surface area (Å²) in [6.07, 6.45) is 3.80. The molecule has 19 heavy (non-hydrogen) atoms. The maximum Gasteiger partial charge on any atom is 0.279 e. The lowest BCUT2D eigenvalue weighted by Crippen LogP contribution is -3.17. The van der Waals surface area contributed by atoms with E-state index in [1.54, 1.807) is 0 Å². The number of anilines is 1. The van der Waals surface area contributed by atoms with Crippen molar-refractivity contribution in [3.8, 4) is 0 Å². The van der Waals surface area contributed by atoms with Crippen LogP contribution >= 0.6 is 0 Å². The zero-order valence-corrected chi connectivity index (χ0v) is 12.3. The minimum atomic E-state index is 0.140. The summed E-state index contributed by atoms with van der Waals surface area (Å²) in [4.78, 5) is 13.6. The van der Waals surface area contributed by atoms with Gasteiger partial charge in [-0.2, -0.15) is 0 Å². The van der Waals surface area contributed by atoms with Gasteiger partial charge in [0.05, 0.1) is 12.6 Å². The van der Waals surface area contributed by atoms with Gasteiger partial charge in [-0.05, 0) is 51.2 Å². The number of quaternary nitrogens is 1. The van der Waals surface area contributed by atoms with Gasteiger partial charge in [-0.25, -0.2) is 0 Å². The minimum Gasteiger partial charge on any atom is -0.325 e. The van der Waals surface area contributed by atoms with Crippen LogP contribution < -0.4 is 10.2 Å². The predicted molar refractivity (Wildman–Crippen MR) is 78.6 cm³/mol. The Labute approximate surface area is 116 Å². The van der Waals surface area contributed by atoms with Crippen molar-refractivity contribution < 1.29 is 9.69 Å². The lowest BCUT2D eigenvalue weighted by atomic mass is 10.0. The van der Waals surface area contributed by atoms with E-state index >= 15 is 0 Å². The second-order valence-corrected chi connectivity index (χ2v) is 5.80. The number of rotatable bonds is 3. The van der Waals surface area contributed by atoms with Gasteiger partial charge in [-0.1, -0.05) is 18.2 Å². The van der Waals surface area contributed by atoms with Crippen LogP contribution in [-0.2, 0) is 4.79 Å². The Kier molecular flexibility index (Phi) is 4.59. The van der Waals surface area contributed by atoms with E-state index in [0.717, 1.165) is 23.4 Å². The molecule has 2 N–H and O–H groups in total. The Balaban J connectivity index is 1.97. The molecule has 3 nitrogen and oxygen atoms in total. The number of likely N-dealkylation sites (tertiary alicyclic amines) is 1. The Bertz CT molecular complexity index is 436. The van der Waals surface area contributed by atoms with Gasteiger partial charge in [0.25, 0.3) is 5.91 Å². The summed E-state index contributed by atoms with van der Waals surface area (Å²) in [5.41, 5.74) is 3.25. The van der Waals surface area contributed by atoms with Gasteiger partial charge in [-0.3, -0.25) is 4.79 Å². The van der Waals surface area contributed by atoms with E-state index < -0.39 is 0 Å². The van der Waals surface area contributed by atoms with Crippen molar-refractivity contribution in [2.75, 3.05) is 18.4 Å². The molecule has 2 rings (SSSR count). The van der Waals surface area contributed by atoms with E-state index in [1.807, 2.05) is 32.0 Å². The highest BCUT2D eigenvalue weighted by molar-refractivity contribution is 5.93. The van der Waals surface area contributed by atoms with Crippen molar-refractivity contribution in [2.45, 2.75) is 46.1 Å². The lowest BCUT2D eigenvalue weighted by Gasteiger charge is -2.29. The summed E-state index contributed by atoms with van der Waals surface area (Å²) in [6.45, 7) is 8.05. The van der Waals surface area contributed by atoms with Crippen LogP contribution in [0.4, 0.5) is 5.69 Å². The third kappa shape index (κ3) is 3.57. The van der Waals surface area contributed by atoms with E-state index in [0.29, 0.717) is 12.6 Å². The van der Waals surface area contributed by atoms with Crippen LogP contribution in [0, 0.1) is 13.8 Å². The molecule has 1 saturated heterocycles. The van der Waals surface area contributed by atoms with Crippen LogP contribution in [0.1, 0.15) is 37.3 Å². The number of piperidine rings is 1. The van der Waals surface area contributed by atoms with E-state index in [9.17, 15) is 4.79 Å². The fourth-order valence-corrected chi connectivity index (χ4v) is 2.92. The zero-order valence-electron chi connectivity index (χ0n) is 12.3. The molecule has 1 unspecified atom stereocenters. The quantitative estimate of drug-likeness (QED) is 0.853. The molecular formula is C16H25N2O+. The summed E-state index contributed by atoms with van der Waals surface area (Å²) in [5.74, 6) is 0.140. The van der Waals surface area contributed by atoms with E-state index in [2.05, 4.69) is 12.2 Å². The number of carbonyl (C=O) groups is 1. The molecule has 3 heteroatoms. The summed E-state index contributed by atoms with van der Waals surface area (Å²) < 4.78 is 0. The highest BCUT2D eigenvalue weighted by Gasteiger charge is 2.24. The number of carbonyl (C=O) groups excluding carboxylic acids is 1. The second-order valence-electron chi connectivity index (χ2n) is 5.80. The normalized spacial score (nSPS) is 23.1. The topological polar surface area (TPSA) is 33.5 Å². The Morgan fingerprint density at radius 3 is 2.63 bits per heavy atom. The highest BCUT2D eigenvalue weighted by Crippen LogP contribution is 2.18. The minimum absolute atomic E-state index is 0.140. The molecular weight excluding hydrogens is 236 g/mol. The average molecular weight is 261 g/mol. The number of nitrogens with one attached hydrogen (secondary N) is 2. The van der Waals surface area contributed by atoms with Crippen LogP contribution in [0.25, 0.3) is 0 Å². The summed E-state index contributed by atoms with van der Waals surface area (Å²) in [5, 5.41) is 3.09. The Hall–Kier alpha value is -1.35. The molecule has 1 amide bonds. The van der Waals surface area contributed by atoms with Crippen molar-refractivity contribution in [2.24, 2.45) is 0 Å². The van der Waals surface area contributed by atoms with Crippen LogP contribution in [0.5, 0.6) is 0 Å². The van der Waals surface area contributed by atoms with E-state index in [-0.39, 0.29) is 5.91 Å². The molecule has 0 saturated carbocycles. The molecule has 0 bridgehead atoms. The standard InChI is InChI=1S/C16H24N2O/c1-12-7-6-8-13(2)16(12)17-15(19)11-18-10-5-4-9-14(18)3/h6-8,14H,4-5,9-11H2,1-3H3,(H,17,19)/p+1/t14-/m0/s1. The van der Waals surface area contributed by atoms with Gasteiger partial charge in [0, 0.05) is 5.69 Å². The van der Waals surface area contributed by atoms with Crippen molar-refractivity contribution in [1.29, 1.82) is 0 Å². The maximum absolute atomic E-state index is 12.2. The molecule has 0 radical (unpaired) electrons. The van der Waals surface area contributed by atoms with Gasteiger partial charge in [0.2, 0.25) is 0 Å². The molecule has 1 aromatic carbocycles. The fourth-order valence-electron chi connectivity index (χ4n) is 2.92. The predicted octanol–water partition coefficient (Wildman–Crippen LogP) is 1.70. The number of hydrogen-bond acceptors (Lipinski definition) is 1. The number of para-hydroxylation sites is 1. The van der Waals surface area contributed by atoms with Crippen LogP contribution in [0.2, 0.25) is 0 Å². The molecule has 1 fully saturated rings. The maximum atomic E-state index is 12.2. The molecule has 2 atom stereocenters. The van der Waals surface area contributed by atoms with Crippen molar-refractivity contribution in [3.05, 3.63) is 29.3 Å². The first-order valence-electron chi connectivity index (χ1n) is 7.28. The first-order chi connectivity index (χ1) is 9.08. The second kappa shape index (κ2) is 6.20. The lowest BCUT2D eigenvalue weighted by molar-refractivity contribution is -0.920. The summed E-state index contributed by atoms with van der Waals surface area (Å²) in [7, 11) is 0. The van der Waals surface area contributed by atoms with Gasteiger partial charge in [0.1, 0.15) is 0 Å². The molecule has 104 valence electrons. The van der Waals surface area contributed by atoms with Gasteiger partial charge < -0.3 is 10.2 Å². The molecule has 0 spiro atoms. The molecule has 1 aliphatic heterocycles. The van der Waals surface area contributed by atoms with E-state index in [4.69, 9.17) is 0 Å². The third-order valence-electron chi connectivity index (χ3n) is 4.22. The highest BCUT2D eigenvalue weighted by atomic mass is 16.2. The van der Waals surface area contributed by atoms with E-state index in [1.165, 1.54) is 24.2 Å². The molecule has 1 heterocycles.